The van der Waals surface area contributed by atoms with Gasteiger partial charge in [-0.1, -0.05) is 40.2 Å². The molecule has 7 heteroatoms. The van der Waals surface area contributed by atoms with Crippen molar-refractivity contribution in [1.29, 1.82) is 0 Å². The van der Waals surface area contributed by atoms with Crippen LogP contribution in [-0.2, 0) is 6.54 Å². The summed E-state index contributed by atoms with van der Waals surface area (Å²) in [6.45, 7) is 2.36. The Hall–Kier alpha value is -3.06. The third-order valence-corrected chi connectivity index (χ3v) is 5.34. The number of rotatable bonds is 2. The van der Waals surface area contributed by atoms with E-state index in [1.807, 2.05) is 54.0 Å². The van der Waals surface area contributed by atoms with Crippen LogP contribution in [0.4, 0.5) is 0 Å². The monoisotopic (exact) mass is 419 g/mol. The van der Waals surface area contributed by atoms with Gasteiger partial charge in [-0.05, 0) is 30.7 Å². The van der Waals surface area contributed by atoms with E-state index in [9.17, 15) is 4.79 Å². The van der Waals surface area contributed by atoms with Crippen molar-refractivity contribution in [1.82, 2.24) is 24.3 Å². The summed E-state index contributed by atoms with van der Waals surface area (Å²) >= 11 is 3.53. The zero-order valence-corrected chi connectivity index (χ0v) is 16.0. The molecular weight excluding hydrogens is 406 g/mol. The first-order valence-electron chi connectivity index (χ1n) is 8.48. The van der Waals surface area contributed by atoms with Crippen LogP contribution in [0.15, 0.2) is 59.6 Å². The zero-order valence-electron chi connectivity index (χ0n) is 14.4. The minimum absolute atomic E-state index is 0.0796. The molecule has 0 bridgehead atoms. The number of hydrogen-bond donors (Lipinski definition) is 0. The number of benzene rings is 2. The standard InChI is InChI=1S/C20H14BrN5O/c1-12-4-2-3-5-14(12)19(27)18-17-9-26-20(22-10-24-26)15-8-13(21)6-7-16(15)25(17)11-23-18/h2-8,10-11H,9H2,1H3. The molecule has 0 saturated carbocycles. The van der Waals surface area contributed by atoms with Gasteiger partial charge in [0.05, 0.1) is 17.9 Å². The number of hydrogen-bond acceptors (Lipinski definition) is 4. The number of halogens is 1. The number of ketones is 1. The molecule has 1 aliphatic rings. The van der Waals surface area contributed by atoms with Gasteiger partial charge in [0.15, 0.2) is 5.82 Å². The maximum Gasteiger partial charge on any atom is 0.213 e. The quantitative estimate of drug-likeness (QED) is 0.408. The van der Waals surface area contributed by atoms with E-state index in [0.717, 1.165) is 32.8 Å². The third-order valence-electron chi connectivity index (χ3n) is 4.85. The van der Waals surface area contributed by atoms with Crippen molar-refractivity contribution in [2.45, 2.75) is 13.5 Å². The van der Waals surface area contributed by atoms with Gasteiger partial charge in [0.2, 0.25) is 5.78 Å². The molecule has 2 aromatic heterocycles. The number of fused-ring (bicyclic) bond motifs is 5. The van der Waals surface area contributed by atoms with Crippen molar-refractivity contribution >= 4 is 21.7 Å². The lowest BCUT2D eigenvalue weighted by atomic mass is 10.0. The van der Waals surface area contributed by atoms with Gasteiger partial charge in [0.1, 0.15) is 18.3 Å². The van der Waals surface area contributed by atoms with Crippen LogP contribution in [0.25, 0.3) is 17.1 Å². The third kappa shape index (κ3) is 2.46. The predicted molar refractivity (Wildman–Crippen MR) is 104 cm³/mol. The number of aryl methyl sites for hydroxylation is 1. The van der Waals surface area contributed by atoms with Gasteiger partial charge in [-0.3, -0.25) is 9.36 Å². The van der Waals surface area contributed by atoms with Gasteiger partial charge >= 0.3 is 0 Å². The van der Waals surface area contributed by atoms with Gasteiger partial charge in [0.25, 0.3) is 0 Å². The molecule has 0 unspecified atom stereocenters. The normalized spacial score (nSPS) is 12.1. The predicted octanol–water partition coefficient (Wildman–Crippen LogP) is 3.79. The Morgan fingerprint density at radius 2 is 2.00 bits per heavy atom. The number of carbonyl (C=O) groups excluding carboxylic acids is 1. The molecule has 5 rings (SSSR count). The van der Waals surface area contributed by atoms with Gasteiger partial charge in [-0.2, -0.15) is 5.10 Å². The molecular formula is C20H14BrN5O. The maximum atomic E-state index is 13.2. The fourth-order valence-electron chi connectivity index (χ4n) is 3.51. The lowest BCUT2D eigenvalue weighted by molar-refractivity contribution is 0.103. The van der Waals surface area contributed by atoms with Crippen molar-refractivity contribution in [3.05, 3.63) is 82.1 Å². The summed E-state index contributed by atoms with van der Waals surface area (Å²) in [5.74, 6) is 0.688. The summed E-state index contributed by atoms with van der Waals surface area (Å²) in [5.41, 5.74) is 4.71. The highest BCUT2D eigenvalue weighted by Crippen LogP contribution is 2.33. The summed E-state index contributed by atoms with van der Waals surface area (Å²) in [6, 6.07) is 13.5. The van der Waals surface area contributed by atoms with Crippen LogP contribution < -0.4 is 0 Å². The van der Waals surface area contributed by atoms with Crippen molar-refractivity contribution in [2.75, 3.05) is 0 Å². The Balaban J connectivity index is 1.74. The zero-order chi connectivity index (χ0) is 18.5. The maximum absolute atomic E-state index is 13.2. The van der Waals surface area contributed by atoms with E-state index in [-0.39, 0.29) is 5.78 Å². The van der Waals surface area contributed by atoms with Crippen LogP contribution in [0, 0.1) is 6.92 Å². The molecule has 0 fully saturated rings. The minimum atomic E-state index is -0.0796. The minimum Gasteiger partial charge on any atom is -0.300 e. The first kappa shape index (κ1) is 16.1. The van der Waals surface area contributed by atoms with Gasteiger partial charge in [0, 0.05) is 15.6 Å². The highest BCUT2D eigenvalue weighted by molar-refractivity contribution is 9.10. The van der Waals surface area contributed by atoms with Crippen molar-refractivity contribution in [3.8, 4) is 17.1 Å². The highest BCUT2D eigenvalue weighted by Gasteiger charge is 2.27. The fourth-order valence-corrected chi connectivity index (χ4v) is 3.87. The highest BCUT2D eigenvalue weighted by atomic mass is 79.9. The molecule has 4 aromatic rings. The van der Waals surface area contributed by atoms with Crippen molar-refractivity contribution < 1.29 is 4.79 Å². The molecule has 0 radical (unpaired) electrons. The topological polar surface area (TPSA) is 65.6 Å². The molecule has 0 amide bonds. The van der Waals surface area contributed by atoms with E-state index < -0.39 is 0 Å². The molecule has 0 atom stereocenters. The molecule has 0 aliphatic carbocycles. The molecule has 3 heterocycles. The Labute approximate surface area is 163 Å². The van der Waals surface area contributed by atoms with Crippen LogP contribution in [0.5, 0.6) is 0 Å². The van der Waals surface area contributed by atoms with Gasteiger partial charge in [-0.15, -0.1) is 0 Å². The lowest BCUT2D eigenvalue weighted by Gasteiger charge is -2.09. The van der Waals surface area contributed by atoms with Crippen molar-refractivity contribution in [2.24, 2.45) is 0 Å². The van der Waals surface area contributed by atoms with Crippen LogP contribution in [0.3, 0.4) is 0 Å². The SMILES string of the molecule is Cc1ccccc1C(=O)c1ncn2c1Cn1ncnc1-c1cc(Br)ccc1-2. The van der Waals surface area contributed by atoms with E-state index in [2.05, 4.69) is 31.0 Å². The smallest absolute Gasteiger partial charge is 0.213 e. The second-order valence-electron chi connectivity index (χ2n) is 6.46. The molecule has 2 aromatic carbocycles. The Morgan fingerprint density at radius 3 is 2.85 bits per heavy atom. The van der Waals surface area contributed by atoms with Crippen LogP contribution in [0.1, 0.15) is 27.3 Å². The van der Waals surface area contributed by atoms with E-state index in [1.165, 1.54) is 6.33 Å². The lowest BCUT2D eigenvalue weighted by Crippen LogP contribution is -2.12. The van der Waals surface area contributed by atoms with Gasteiger partial charge < -0.3 is 0 Å². The summed E-state index contributed by atoms with van der Waals surface area (Å²) in [7, 11) is 0. The second-order valence-corrected chi connectivity index (χ2v) is 7.37. The summed E-state index contributed by atoms with van der Waals surface area (Å²) in [5, 5.41) is 4.35. The molecule has 0 saturated heterocycles. The number of imidazole rings is 1. The van der Waals surface area contributed by atoms with E-state index in [1.54, 1.807) is 11.0 Å². The average Bonchev–Trinajstić information content (AvgIpc) is 3.27. The van der Waals surface area contributed by atoms with Crippen LogP contribution >= 0.6 is 15.9 Å². The van der Waals surface area contributed by atoms with E-state index in [0.29, 0.717) is 17.8 Å². The molecule has 6 nitrogen and oxygen atoms in total. The van der Waals surface area contributed by atoms with E-state index >= 15 is 0 Å². The number of nitrogens with zero attached hydrogens (tertiary/aromatic N) is 5. The number of aromatic nitrogens is 5. The second kappa shape index (κ2) is 5.99. The molecule has 0 spiro atoms. The van der Waals surface area contributed by atoms with Crippen molar-refractivity contribution in [3.63, 3.8) is 0 Å². The summed E-state index contributed by atoms with van der Waals surface area (Å²) in [6.07, 6.45) is 3.24. The number of carbonyl (C=O) groups is 1. The average molecular weight is 420 g/mol. The fraction of sp³-hybridized carbons (Fsp3) is 0.100. The largest absolute Gasteiger partial charge is 0.300 e. The molecule has 132 valence electrons. The van der Waals surface area contributed by atoms with Crippen LogP contribution in [0.2, 0.25) is 0 Å². The first-order valence-corrected chi connectivity index (χ1v) is 9.27. The Bertz CT molecular complexity index is 1210. The van der Waals surface area contributed by atoms with Gasteiger partial charge in [-0.25, -0.2) is 14.6 Å². The summed E-state index contributed by atoms with van der Waals surface area (Å²) in [4.78, 5) is 22.1. The Morgan fingerprint density at radius 1 is 1.15 bits per heavy atom. The molecule has 0 N–H and O–H groups in total. The summed E-state index contributed by atoms with van der Waals surface area (Å²) < 4.78 is 4.72. The molecule has 1 aliphatic heterocycles. The van der Waals surface area contributed by atoms with Crippen LogP contribution in [-0.4, -0.2) is 30.1 Å². The Kier molecular flexibility index (Phi) is 3.58. The molecule has 27 heavy (non-hydrogen) atoms. The first-order chi connectivity index (χ1) is 13.1. The van der Waals surface area contributed by atoms with E-state index in [4.69, 9.17) is 0 Å².